The molecule has 172 valence electrons. The molecule has 0 saturated heterocycles. The Bertz CT molecular complexity index is 1330. The third-order valence-corrected chi connectivity index (χ3v) is 7.13. The molecular weight excluding hydrogens is 453 g/mol. The Morgan fingerprint density at radius 3 is 3.00 bits per heavy atom. The van der Waals surface area contributed by atoms with Crippen molar-refractivity contribution in [1.82, 2.24) is 24.5 Å². The van der Waals surface area contributed by atoms with Crippen molar-refractivity contribution in [3.63, 3.8) is 0 Å². The van der Waals surface area contributed by atoms with Gasteiger partial charge in [0.1, 0.15) is 17.0 Å². The maximum absolute atomic E-state index is 12.7. The molecule has 5 rings (SSSR count). The van der Waals surface area contributed by atoms with Crippen LogP contribution in [0, 0.1) is 5.92 Å². The topological polar surface area (TPSA) is 75.4 Å². The van der Waals surface area contributed by atoms with E-state index in [2.05, 4.69) is 20.4 Å². The molecule has 1 aliphatic rings. The van der Waals surface area contributed by atoms with Crippen molar-refractivity contribution in [2.75, 3.05) is 18.9 Å². The van der Waals surface area contributed by atoms with Crippen LogP contribution in [0.5, 0.6) is 0 Å². The van der Waals surface area contributed by atoms with Crippen molar-refractivity contribution in [3.8, 4) is 0 Å². The van der Waals surface area contributed by atoms with Gasteiger partial charge in [-0.05, 0) is 43.0 Å². The van der Waals surface area contributed by atoms with E-state index in [0.29, 0.717) is 25.1 Å². The van der Waals surface area contributed by atoms with Gasteiger partial charge in [-0.2, -0.15) is 18.3 Å². The van der Waals surface area contributed by atoms with Crippen LogP contribution in [0.2, 0.25) is 0 Å². The van der Waals surface area contributed by atoms with Crippen molar-refractivity contribution in [3.05, 3.63) is 47.4 Å². The fourth-order valence-corrected chi connectivity index (χ4v) is 5.54. The molecule has 0 radical (unpaired) electrons. The minimum Gasteiger partial charge on any atom is -0.345 e. The monoisotopic (exact) mass is 474 g/mol. The molecule has 4 aromatic heterocycles. The number of thiophene rings is 1. The molecule has 1 unspecified atom stereocenters. The van der Waals surface area contributed by atoms with E-state index in [-0.39, 0.29) is 18.4 Å². The van der Waals surface area contributed by atoms with E-state index in [9.17, 15) is 18.0 Å². The van der Waals surface area contributed by atoms with E-state index in [1.54, 1.807) is 10.7 Å². The number of carbonyl (C=O) groups excluding carboxylic acids is 1. The first-order valence-electron chi connectivity index (χ1n) is 10.6. The van der Waals surface area contributed by atoms with Crippen molar-refractivity contribution in [2.24, 2.45) is 5.92 Å². The molecule has 33 heavy (non-hydrogen) atoms. The van der Waals surface area contributed by atoms with E-state index in [4.69, 9.17) is 0 Å². The lowest BCUT2D eigenvalue weighted by molar-refractivity contribution is -0.146. The molecule has 4 aromatic rings. The largest absolute Gasteiger partial charge is 0.390 e. The summed E-state index contributed by atoms with van der Waals surface area (Å²) in [5.74, 6) is 0.145. The number of anilines is 2. The Balaban J connectivity index is 1.37. The molecule has 4 heterocycles. The summed E-state index contributed by atoms with van der Waals surface area (Å²) in [6.45, 7) is -0.320. The molecule has 0 aliphatic heterocycles. The van der Waals surface area contributed by atoms with Gasteiger partial charge in [-0.15, -0.1) is 11.3 Å². The van der Waals surface area contributed by atoms with Crippen LogP contribution in [0.15, 0.2) is 36.9 Å². The zero-order chi connectivity index (χ0) is 23.2. The zero-order valence-corrected chi connectivity index (χ0v) is 18.6. The number of rotatable bonds is 5. The number of hydrogen-bond acceptors (Lipinski definition) is 6. The van der Waals surface area contributed by atoms with Crippen LogP contribution in [-0.2, 0) is 17.6 Å². The smallest absolute Gasteiger partial charge is 0.345 e. The van der Waals surface area contributed by atoms with Gasteiger partial charge in [-0.3, -0.25) is 4.79 Å². The van der Waals surface area contributed by atoms with Crippen LogP contribution in [0.1, 0.15) is 23.3 Å². The average molecular weight is 475 g/mol. The fourth-order valence-electron chi connectivity index (χ4n) is 4.27. The van der Waals surface area contributed by atoms with Crippen molar-refractivity contribution < 1.29 is 18.0 Å². The van der Waals surface area contributed by atoms with Crippen LogP contribution < -0.4 is 5.32 Å². The Labute approximate surface area is 191 Å². The molecule has 1 N–H and O–H groups in total. The standard InChI is InChI=1S/C22H21F3N6OS/c1-30(9-6-22(23,24)25)21(32)13-2-3-16-17(10-13)33-20-18(16)19(26-12-27-20)29-14-5-8-31-15(11-14)4-7-28-31/h4-5,7-8,11-13H,2-3,6,9-10H2,1H3,(H,26,27,29). The second-order valence-corrected chi connectivity index (χ2v) is 9.30. The van der Waals surface area contributed by atoms with Gasteiger partial charge in [0, 0.05) is 42.5 Å². The molecule has 0 spiro atoms. The highest BCUT2D eigenvalue weighted by Crippen LogP contribution is 2.40. The van der Waals surface area contributed by atoms with E-state index < -0.39 is 12.6 Å². The molecule has 0 fully saturated rings. The number of pyridine rings is 1. The third kappa shape index (κ3) is 4.37. The van der Waals surface area contributed by atoms with Crippen LogP contribution in [0.25, 0.3) is 15.7 Å². The molecule has 7 nitrogen and oxygen atoms in total. The van der Waals surface area contributed by atoms with Gasteiger partial charge in [0.25, 0.3) is 0 Å². The first kappa shape index (κ1) is 21.6. The van der Waals surface area contributed by atoms with E-state index in [1.807, 2.05) is 24.4 Å². The summed E-state index contributed by atoms with van der Waals surface area (Å²) in [6.07, 6.45) is 1.59. The number of halogens is 3. The minimum atomic E-state index is -4.27. The van der Waals surface area contributed by atoms with Crippen molar-refractivity contribution in [1.29, 1.82) is 0 Å². The number of alkyl halides is 3. The minimum absolute atomic E-state index is 0.235. The van der Waals surface area contributed by atoms with E-state index >= 15 is 0 Å². The molecule has 0 aromatic carbocycles. The van der Waals surface area contributed by atoms with Crippen LogP contribution in [-0.4, -0.2) is 50.2 Å². The molecule has 0 bridgehead atoms. The second-order valence-electron chi connectivity index (χ2n) is 8.21. The number of aromatic nitrogens is 4. The van der Waals surface area contributed by atoms with Gasteiger partial charge in [-0.1, -0.05) is 0 Å². The van der Waals surface area contributed by atoms with Crippen LogP contribution >= 0.6 is 11.3 Å². The lowest BCUT2D eigenvalue weighted by Crippen LogP contribution is -2.37. The first-order chi connectivity index (χ1) is 15.8. The third-order valence-electron chi connectivity index (χ3n) is 5.96. The summed E-state index contributed by atoms with van der Waals surface area (Å²) < 4.78 is 39.4. The SMILES string of the molecule is CN(CCC(F)(F)F)C(=O)C1CCc2c(sc3ncnc(Nc4ccn5nccc5c4)c23)C1. The van der Waals surface area contributed by atoms with E-state index in [1.165, 1.54) is 29.6 Å². The van der Waals surface area contributed by atoms with Gasteiger partial charge in [-0.25, -0.2) is 14.5 Å². The van der Waals surface area contributed by atoms with E-state index in [0.717, 1.165) is 31.9 Å². The van der Waals surface area contributed by atoms with Gasteiger partial charge in [0.15, 0.2) is 0 Å². The Morgan fingerprint density at radius 1 is 1.33 bits per heavy atom. The maximum Gasteiger partial charge on any atom is 0.390 e. The molecular formula is C22H21F3N6OS. The van der Waals surface area contributed by atoms with Crippen LogP contribution in [0.4, 0.5) is 24.7 Å². The van der Waals surface area contributed by atoms with Crippen molar-refractivity contribution in [2.45, 2.75) is 31.9 Å². The van der Waals surface area contributed by atoms with Gasteiger partial charge >= 0.3 is 6.18 Å². The highest BCUT2D eigenvalue weighted by atomic mass is 32.1. The lowest BCUT2D eigenvalue weighted by atomic mass is 9.87. The first-order valence-corrected chi connectivity index (χ1v) is 11.4. The summed E-state index contributed by atoms with van der Waals surface area (Å²) in [5.41, 5.74) is 2.94. The molecule has 0 saturated carbocycles. The molecule has 1 atom stereocenters. The van der Waals surface area contributed by atoms with Crippen LogP contribution in [0.3, 0.4) is 0 Å². The predicted octanol–water partition coefficient (Wildman–Crippen LogP) is 4.60. The average Bonchev–Trinajstić information content (AvgIpc) is 3.40. The maximum atomic E-state index is 12.7. The molecule has 1 amide bonds. The Kier molecular flexibility index (Phi) is 5.43. The quantitative estimate of drug-likeness (QED) is 0.458. The summed E-state index contributed by atoms with van der Waals surface area (Å²) in [6, 6.07) is 5.81. The lowest BCUT2D eigenvalue weighted by Gasteiger charge is -2.27. The van der Waals surface area contributed by atoms with Gasteiger partial charge in [0.05, 0.1) is 17.3 Å². The van der Waals surface area contributed by atoms with Crippen molar-refractivity contribution >= 4 is 44.5 Å². The number of aryl methyl sites for hydroxylation is 1. The molecule has 1 aliphatic carbocycles. The Morgan fingerprint density at radius 2 is 2.18 bits per heavy atom. The second kappa shape index (κ2) is 8.29. The van der Waals surface area contributed by atoms with Gasteiger partial charge < -0.3 is 10.2 Å². The van der Waals surface area contributed by atoms with Gasteiger partial charge in [0.2, 0.25) is 5.91 Å². The number of fused-ring (bicyclic) bond motifs is 4. The highest BCUT2D eigenvalue weighted by molar-refractivity contribution is 7.19. The Hall–Kier alpha value is -3.21. The number of hydrogen-bond donors (Lipinski definition) is 1. The normalized spacial score (nSPS) is 16.2. The number of nitrogens with one attached hydrogen (secondary N) is 1. The number of amides is 1. The highest BCUT2D eigenvalue weighted by Gasteiger charge is 2.33. The summed E-state index contributed by atoms with van der Waals surface area (Å²) >= 11 is 1.52. The molecule has 11 heteroatoms. The number of nitrogens with zero attached hydrogens (tertiary/aromatic N) is 5. The predicted molar refractivity (Wildman–Crippen MR) is 120 cm³/mol. The summed E-state index contributed by atoms with van der Waals surface area (Å²) in [5, 5.41) is 8.53. The summed E-state index contributed by atoms with van der Waals surface area (Å²) in [4.78, 5) is 24.7. The zero-order valence-electron chi connectivity index (χ0n) is 17.8. The number of carbonyl (C=O) groups is 1. The summed E-state index contributed by atoms with van der Waals surface area (Å²) in [7, 11) is 1.44. The fraction of sp³-hybridized carbons (Fsp3) is 0.364.